The lowest BCUT2D eigenvalue weighted by Gasteiger charge is -2.35. The van der Waals surface area contributed by atoms with E-state index in [0.717, 1.165) is 12.2 Å². The standard InChI is InChI=1S/C17H19NO2/c1-3-7-15(8-4-1)13-18(16-9-5-2-6-10-16)17-14-19-11-12-20-17/h1-10,17H,11-14H2. The van der Waals surface area contributed by atoms with Crippen LogP contribution >= 0.6 is 0 Å². The van der Waals surface area contributed by atoms with Crippen LogP contribution in [0.2, 0.25) is 0 Å². The summed E-state index contributed by atoms with van der Waals surface area (Å²) in [4.78, 5) is 2.26. The van der Waals surface area contributed by atoms with Crippen LogP contribution in [-0.2, 0) is 16.0 Å². The Labute approximate surface area is 119 Å². The molecule has 2 aromatic rings. The molecule has 0 N–H and O–H groups in total. The van der Waals surface area contributed by atoms with Crippen molar-refractivity contribution in [3.05, 3.63) is 66.2 Å². The Morgan fingerprint density at radius 2 is 1.60 bits per heavy atom. The van der Waals surface area contributed by atoms with E-state index in [-0.39, 0.29) is 6.23 Å². The van der Waals surface area contributed by atoms with Crippen LogP contribution in [0.3, 0.4) is 0 Å². The summed E-state index contributed by atoms with van der Waals surface area (Å²) in [5.41, 5.74) is 2.43. The summed E-state index contributed by atoms with van der Waals surface area (Å²) in [5, 5.41) is 0. The summed E-state index contributed by atoms with van der Waals surface area (Å²) < 4.78 is 11.4. The minimum atomic E-state index is -0.0219. The van der Waals surface area contributed by atoms with Gasteiger partial charge in [0.05, 0.1) is 19.8 Å². The molecule has 1 heterocycles. The van der Waals surface area contributed by atoms with Crippen molar-refractivity contribution in [2.24, 2.45) is 0 Å². The van der Waals surface area contributed by atoms with E-state index in [1.165, 1.54) is 5.56 Å². The number of anilines is 1. The van der Waals surface area contributed by atoms with Crippen molar-refractivity contribution in [1.29, 1.82) is 0 Å². The number of hydrogen-bond donors (Lipinski definition) is 0. The van der Waals surface area contributed by atoms with Gasteiger partial charge in [0.25, 0.3) is 0 Å². The van der Waals surface area contributed by atoms with Crippen molar-refractivity contribution < 1.29 is 9.47 Å². The number of nitrogens with zero attached hydrogens (tertiary/aromatic N) is 1. The van der Waals surface area contributed by atoms with Crippen LogP contribution in [0.25, 0.3) is 0 Å². The molecule has 3 nitrogen and oxygen atoms in total. The number of hydrogen-bond acceptors (Lipinski definition) is 3. The SMILES string of the molecule is c1ccc(CN(c2ccccc2)C2COCCO2)cc1. The molecule has 3 heteroatoms. The molecular weight excluding hydrogens is 250 g/mol. The molecule has 1 saturated heterocycles. The number of rotatable bonds is 4. The van der Waals surface area contributed by atoms with Crippen molar-refractivity contribution >= 4 is 5.69 Å². The zero-order valence-corrected chi connectivity index (χ0v) is 11.4. The zero-order chi connectivity index (χ0) is 13.6. The van der Waals surface area contributed by atoms with E-state index >= 15 is 0 Å². The maximum absolute atomic E-state index is 5.87. The first kappa shape index (κ1) is 13.2. The molecule has 0 aromatic heterocycles. The molecule has 2 aromatic carbocycles. The van der Waals surface area contributed by atoms with Crippen LogP contribution in [0.1, 0.15) is 5.56 Å². The molecule has 0 bridgehead atoms. The second-order valence-electron chi connectivity index (χ2n) is 4.85. The average Bonchev–Trinajstić information content (AvgIpc) is 2.55. The van der Waals surface area contributed by atoms with Gasteiger partial charge in [-0.25, -0.2) is 0 Å². The van der Waals surface area contributed by atoms with Gasteiger partial charge in [-0.3, -0.25) is 0 Å². The summed E-state index contributed by atoms with van der Waals surface area (Å²) in [6.07, 6.45) is -0.0219. The van der Waals surface area contributed by atoms with Crippen molar-refractivity contribution in [2.75, 3.05) is 24.7 Å². The highest BCUT2D eigenvalue weighted by Crippen LogP contribution is 2.21. The molecule has 3 rings (SSSR count). The van der Waals surface area contributed by atoms with Crippen molar-refractivity contribution in [1.82, 2.24) is 0 Å². The molecule has 0 radical (unpaired) electrons. The van der Waals surface area contributed by atoms with Crippen LogP contribution in [-0.4, -0.2) is 26.0 Å². The van der Waals surface area contributed by atoms with Gasteiger partial charge in [-0.05, 0) is 17.7 Å². The van der Waals surface area contributed by atoms with Gasteiger partial charge < -0.3 is 14.4 Å². The minimum Gasteiger partial charge on any atom is -0.374 e. The first-order valence-corrected chi connectivity index (χ1v) is 6.98. The quantitative estimate of drug-likeness (QED) is 0.851. The Kier molecular flexibility index (Phi) is 4.31. The van der Waals surface area contributed by atoms with Gasteiger partial charge in [0.2, 0.25) is 0 Å². The molecule has 0 amide bonds. The van der Waals surface area contributed by atoms with Crippen LogP contribution in [0.5, 0.6) is 0 Å². The monoisotopic (exact) mass is 269 g/mol. The molecule has 0 saturated carbocycles. The third kappa shape index (κ3) is 3.18. The summed E-state index contributed by atoms with van der Waals surface area (Å²) in [7, 11) is 0. The molecule has 1 aliphatic rings. The summed E-state index contributed by atoms with van der Waals surface area (Å²) in [6.45, 7) is 2.77. The fraction of sp³-hybridized carbons (Fsp3) is 0.294. The van der Waals surface area contributed by atoms with Gasteiger partial charge in [-0.1, -0.05) is 48.5 Å². The molecular formula is C17H19NO2. The van der Waals surface area contributed by atoms with E-state index in [9.17, 15) is 0 Å². The van der Waals surface area contributed by atoms with Gasteiger partial charge >= 0.3 is 0 Å². The number of ether oxygens (including phenoxy) is 2. The first-order valence-electron chi connectivity index (χ1n) is 6.98. The summed E-state index contributed by atoms with van der Waals surface area (Å²) in [5.74, 6) is 0. The lowest BCUT2D eigenvalue weighted by Crippen LogP contribution is -2.44. The Balaban J connectivity index is 1.83. The Morgan fingerprint density at radius 3 is 2.25 bits per heavy atom. The first-order chi connectivity index (χ1) is 9.93. The number of benzene rings is 2. The highest BCUT2D eigenvalue weighted by molar-refractivity contribution is 5.47. The summed E-state index contributed by atoms with van der Waals surface area (Å²) >= 11 is 0. The fourth-order valence-corrected chi connectivity index (χ4v) is 2.41. The smallest absolute Gasteiger partial charge is 0.154 e. The topological polar surface area (TPSA) is 21.7 Å². The molecule has 1 unspecified atom stereocenters. The fourth-order valence-electron chi connectivity index (χ4n) is 2.41. The second kappa shape index (κ2) is 6.55. The highest BCUT2D eigenvalue weighted by Gasteiger charge is 2.22. The van der Waals surface area contributed by atoms with Crippen molar-refractivity contribution in [3.8, 4) is 0 Å². The molecule has 1 atom stereocenters. The van der Waals surface area contributed by atoms with Gasteiger partial charge in [-0.15, -0.1) is 0 Å². The summed E-state index contributed by atoms with van der Waals surface area (Å²) in [6, 6.07) is 20.8. The second-order valence-corrected chi connectivity index (χ2v) is 4.85. The largest absolute Gasteiger partial charge is 0.374 e. The van der Waals surface area contributed by atoms with E-state index in [1.807, 2.05) is 12.1 Å². The van der Waals surface area contributed by atoms with E-state index in [0.29, 0.717) is 19.8 Å². The van der Waals surface area contributed by atoms with E-state index in [2.05, 4.69) is 53.4 Å². The maximum atomic E-state index is 5.87. The lowest BCUT2D eigenvalue weighted by atomic mass is 10.2. The van der Waals surface area contributed by atoms with Crippen LogP contribution in [0, 0.1) is 0 Å². The average molecular weight is 269 g/mol. The Morgan fingerprint density at radius 1 is 0.900 bits per heavy atom. The molecule has 104 valence electrons. The Hall–Kier alpha value is -1.84. The highest BCUT2D eigenvalue weighted by atomic mass is 16.6. The predicted molar refractivity (Wildman–Crippen MR) is 79.6 cm³/mol. The zero-order valence-electron chi connectivity index (χ0n) is 11.4. The molecule has 1 fully saturated rings. The van der Waals surface area contributed by atoms with Gasteiger partial charge in [0.1, 0.15) is 0 Å². The molecule has 0 aliphatic carbocycles. The van der Waals surface area contributed by atoms with Crippen LogP contribution < -0.4 is 4.90 Å². The third-order valence-electron chi connectivity index (χ3n) is 3.43. The van der Waals surface area contributed by atoms with Gasteiger partial charge in [0, 0.05) is 12.2 Å². The van der Waals surface area contributed by atoms with Gasteiger partial charge in [-0.2, -0.15) is 0 Å². The minimum absolute atomic E-state index is 0.0219. The number of para-hydroxylation sites is 1. The van der Waals surface area contributed by atoms with Crippen LogP contribution in [0.15, 0.2) is 60.7 Å². The Bertz CT molecular complexity index is 509. The molecule has 0 spiro atoms. The van der Waals surface area contributed by atoms with Crippen molar-refractivity contribution in [3.63, 3.8) is 0 Å². The lowest BCUT2D eigenvalue weighted by molar-refractivity contribution is -0.0889. The molecule has 1 aliphatic heterocycles. The van der Waals surface area contributed by atoms with E-state index in [4.69, 9.17) is 9.47 Å². The predicted octanol–water partition coefficient (Wildman–Crippen LogP) is 3.07. The van der Waals surface area contributed by atoms with Crippen LogP contribution in [0.4, 0.5) is 5.69 Å². The van der Waals surface area contributed by atoms with Gasteiger partial charge in [0.15, 0.2) is 6.23 Å². The maximum Gasteiger partial charge on any atom is 0.154 e. The van der Waals surface area contributed by atoms with Crippen molar-refractivity contribution in [2.45, 2.75) is 12.8 Å². The molecule has 20 heavy (non-hydrogen) atoms. The normalized spacial score (nSPS) is 18.7. The third-order valence-corrected chi connectivity index (χ3v) is 3.43. The van der Waals surface area contributed by atoms with E-state index < -0.39 is 0 Å². The van der Waals surface area contributed by atoms with E-state index in [1.54, 1.807) is 0 Å².